The van der Waals surface area contributed by atoms with Crippen molar-refractivity contribution in [3.05, 3.63) is 0 Å². The average molecular weight is 900 g/mol. The molecule has 0 bridgehead atoms. The molecule has 60 heavy (non-hydrogen) atoms. The minimum absolute atomic E-state index is 0.0515. The van der Waals surface area contributed by atoms with Crippen molar-refractivity contribution in [3.63, 3.8) is 0 Å². The third kappa shape index (κ3) is 27.2. The van der Waals surface area contributed by atoms with Gasteiger partial charge in [0.1, 0.15) is 23.2 Å². The maximum Gasteiger partial charge on any atom is 0.320 e. The first kappa shape index (κ1) is 62.3. The number of carbonyl (C=O) groups is 5. The summed E-state index contributed by atoms with van der Waals surface area (Å²) in [5.41, 5.74) is -0.211. The second kappa shape index (κ2) is 34.5. The van der Waals surface area contributed by atoms with E-state index in [-0.39, 0.29) is 70.6 Å². The minimum atomic E-state index is -0.833. The molecule has 0 aliphatic carbocycles. The lowest BCUT2D eigenvalue weighted by molar-refractivity contribution is -0.215. The zero-order valence-electron chi connectivity index (χ0n) is 40.1. The topological polar surface area (TPSA) is 195 Å². The van der Waals surface area contributed by atoms with Crippen molar-refractivity contribution in [1.29, 1.82) is 0 Å². The number of cyclic esters (lactones) is 2. The third-order valence-corrected chi connectivity index (χ3v) is 12.5. The predicted molar refractivity (Wildman–Crippen MR) is 242 cm³/mol. The lowest BCUT2D eigenvalue weighted by Crippen LogP contribution is -2.43. The molecule has 0 saturated carbocycles. The van der Waals surface area contributed by atoms with Crippen LogP contribution in [0.3, 0.4) is 0 Å². The number of carboxylic acid groups (broad SMARTS) is 1. The number of aliphatic carboxylic acids is 1. The van der Waals surface area contributed by atoms with Crippen molar-refractivity contribution in [1.82, 2.24) is 4.90 Å². The standard InChI is InChI=1S/C20H34O5S2.C11H21NO2.C8H16O3.C2H4O2.C2H6.CH4O/c1-12(8-7-9-13(2)19(22)24-5)10-11-16(21)14(3)17-15(4)25-20(23)18(17)27-26-6;1-8(2)7-12(4)10-5-9(3)14-11(13)6-10;1-6-4-8(2,10-3)5-7(9)11-6;1-2(3)4;2*1-2/h12-15,17-18H,7-11H2,1-6H3;8-10H,5-7H2,1-4H3;6-7,9H,4-5H2,1-3H3;1H3,(H,3,4);1-2H3;2H,1H3. The molecule has 3 fully saturated rings. The van der Waals surface area contributed by atoms with Crippen LogP contribution >= 0.6 is 21.6 Å². The Kier molecular flexibility index (Phi) is 35.9. The van der Waals surface area contributed by atoms with Gasteiger partial charge in [0.05, 0.1) is 31.2 Å². The van der Waals surface area contributed by atoms with Crippen LogP contribution in [0.5, 0.6) is 0 Å². The van der Waals surface area contributed by atoms with E-state index in [1.54, 1.807) is 17.9 Å². The van der Waals surface area contributed by atoms with Crippen molar-refractivity contribution in [2.45, 2.75) is 182 Å². The van der Waals surface area contributed by atoms with Crippen molar-refractivity contribution in [3.8, 4) is 0 Å². The quantitative estimate of drug-likeness (QED) is 0.0770. The Hall–Kier alpha value is -1.95. The highest BCUT2D eigenvalue weighted by Gasteiger charge is 2.47. The minimum Gasteiger partial charge on any atom is -0.481 e. The van der Waals surface area contributed by atoms with Gasteiger partial charge in [-0.25, -0.2) is 0 Å². The molecule has 0 amide bonds. The molecule has 11 atom stereocenters. The predicted octanol–water partition coefficient (Wildman–Crippen LogP) is 7.83. The molecule has 16 heteroatoms. The van der Waals surface area contributed by atoms with E-state index in [0.717, 1.165) is 59.1 Å². The lowest BCUT2D eigenvalue weighted by atomic mass is 9.82. The maximum absolute atomic E-state index is 12.7. The smallest absolute Gasteiger partial charge is 0.320 e. The second-order valence-corrected chi connectivity index (χ2v) is 19.0. The SMILES string of the molecule is CC.CC(=O)O.CC(C)CN(C)C1CC(=O)OC(C)C1.CO.COC(=O)C(C)CCCC(C)CCC(=O)C(C)C1C(C)OC(=O)C1SSC.COC1(C)CC(C)OC(O)C1. The number of aliphatic hydroxyl groups is 2. The van der Waals surface area contributed by atoms with E-state index in [1.807, 2.05) is 61.6 Å². The van der Waals surface area contributed by atoms with Gasteiger partial charge in [-0.05, 0) is 65.7 Å². The number of aliphatic hydroxyl groups excluding tert-OH is 2. The van der Waals surface area contributed by atoms with Gasteiger partial charge < -0.3 is 43.9 Å². The number of hydrogen-bond donors (Lipinski definition) is 3. The van der Waals surface area contributed by atoms with E-state index in [9.17, 15) is 24.3 Å². The van der Waals surface area contributed by atoms with E-state index in [0.29, 0.717) is 37.1 Å². The molecule has 0 spiro atoms. The van der Waals surface area contributed by atoms with Crippen LogP contribution in [0.15, 0.2) is 0 Å². The number of carboxylic acids is 1. The highest BCUT2D eigenvalue weighted by Crippen LogP contribution is 2.41. The first-order valence-corrected chi connectivity index (χ1v) is 24.1. The van der Waals surface area contributed by atoms with Crippen LogP contribution in [-0.4, -0.2) is 133 Å². The molecular formula is C44H85NO13S2. The molecule has 3 aliphatic heterocycles. The van der Waals surface area contributed by atoms with Gasteiger partial charge in [-0.1, -0.05) is 82.9 Å². The summed E-state index contributed by atoms with van der Waals surface area (Å²) in [5.74, 6) is -0.255. The fraction of sp³-hybridized carbons (Fsp3) is 0.886. The van der Waals surface area contributed by atoms with Crippen LogP contribution in [0.25, 0.3) is 0 Å². The van der Waals surface area contributed by atoms with Gasteiger partial charge in [-0.3, -0.25) is 24.0 Å². The molecule has 14 nitrogen and oxygen atoms in total. The summed E-state index contributed by atoms with van der Waals surface area (Å²) in [6, 6.07) is 0.369. The third-order valence-electron chi connectivity index (χ3n) is 10.4. The fourth-order valence-electron chi connectivity index (χ4n) is 7.31. The van der Waals surface area contributed by atoms with E-state index >= 15 is 0 Å². The number of methoxy groups -OCH3 is 2. The molecule has 356 valence electrons. The Balaban J connectivity index is -0.000000818. The Morgan fingerprint density at radius 3 is 1.98 bits per heavy atom. The van der Waals surface area contributed by atoms with Crippen molar-refractivity contribution in [2.24, 2.45) is 29.6 Å². The van der Waals surface area contributed by atoms with Crippen LogP contribution in [0.2, 0.25) is 0 Å². The Bertz CT molecular complexity index is 1180. The Morgan fingerprint density at radius 2 is 1.52 bits per heavy atom. The molecule has 0 aromatic carbocycles. The van der Waals surface area contributed by atoms with Crippen LogP contribution in [-0.2, 0) is 47.7 Å². The van der Waals surface area contributed by atoms with Gasteiger partial charge in [-0.15, -0.1) is 0 Å². The van der Waals surface area contributed by atoms with Crippen LogP contribution in [0.1, 0.15) is 141 Å². The lowest BCUT2D eigenvalue weighted by Gasteiger charge is -2.38. The number of hydrogen-bond acceptors (Lipinski definition) is 15. The normalized spacial score (nSPS) is 27.1. The summed E-state index contributed by atoms with van der Waals surface area (Å²) < 4.78 is 25.7. The monoisotopic (exact) mass is 900 g/mol. The largest absolute Gasteiger partial charge is 0.481 e. The summed E-state index contributed by atoms with van der Waals surface area (Å²) in [5, 5.41) is 23.4. The van der Waals surface area contributed by atoms with E-state index in [4.69, 9.17) is 38.7 Å². The summed E-state index contributed by atoms with van der Waals surface area (Å²) in [6.07, 6.45) is 8.29. The second-order valence-electron chi connectivity index (χ2n) is 16.4. The van der Waals surface area contributed by atoms with Crippen LogP contribution in [0, 0.1) is 29.6 Å². The highest BCUT2D eigenvalue weighted by molar-refractivity contribution is 8.76. The summed E-state index contributed by atoms with van der Waals surface area (Å²) in [7, 11) is 9.22. The number of rotatable bonds is 16. The maximum atomic E-state index is 12.7. The molecule has 3 aliphatic rings. The average Bonchev–Trinajstić information content (AvgIpc) is 3.45. The first-order valence-electron chi connectivity index (χ1n) is 21.4. The van der Waals surface area contributed by atoms with E-state index in [1.165, 1.54) is 17.9 Å². The van der Waals surface area contributed by atoms with Crippen molar-refractivity contribution in [2.75, 3.05) is 41.2 Å². The van der Waals surface area contributed by atoms with Gasteiger partial charge >= 0.3 is 17.9 Å². The van der Waals surface area contributed by atoms with Gasteiger partial charge in [0.2, 0.25) is 0 Å². The molecule has 0 radical (unpaired) electrons. The highest BCUT2D eigenvalue weighted by atomic mass is 33.1. The van der Waals surface area contributed by atoms with Gasteiger partial charge in [-0.2, -0.15) is 0 Å². The first-order chi connectivity index (χ1) is 28.0. The molecule has 0 aromatic rings. The molecule has 3 rings (SSSR count). The van der Waals surface area contributed by atoms with Gasteiger partial charge in [0.25, 0.3) is 5.97 Å². The molecule has 3 saturated heterocycles. The summed E-state index contributed by atoms with van der Waals surface area (Å²) in [6.45, 7) is 24.3. The Labute approximate surface area is 371 Å². The van der Waals surface area contributed by atoms with Gasteiger partial charge in [0.15, 0.2) is 6.29 Å². The number of carbonyl (C=O) groups excluding carboxylic acids is 4. The number of nitrogens with zero attached hydrogens (tertiary/aromatic N) is 1. The molecular weight excluding hydrogens is 815 g/mol. The summed E-state index contributed by atoms with van der Waals surface area (Å²) in [4.78, 5) is 58.6. The number of ketones is 1. The van der Waals surface area contributed by atoms with Crippen molar-refractivity contribution >= 4 is 51.2 Å². The van der Waals surface area contributed by atoms with Gasteiger partial charge in [0, 0.05) is 71.2 Å². The van der Waals surface area contributed by atoms with Crippen LogP contribution < -0.4 is 0 Å². The zero-order chi connectivity index (χ0) is 47.3. The Morgan fingerprint density at radius 1 is 0.950 bits per heavy atom. The summed E-state index contributed by atoms with van der Waals surface area (Å²) >= 11 is 0. The zero-order valence-corrected chi connectivity index (χ0v) is 41.7. The molecule has 3 N–H and O–H groups in total. The van der Waals surface area contributed by atoms with E-state index in [2.05, 4.69) is 32.7 Å². The number of ether oxygens (including phenoxy) is 5. The van der Waals surface area contributed by atoms with Crippen molar-refractivity contribution < 1.29 is 63.0 Å². The molecule has 3 heterocycles. The molecule has 0 aromatic heterocycles. The fourth-order valence-corrected chi connectivity index (χ4v) is 9.48. The molecule has 11 unspecified atom stereocenters. The number of Topliss-reactive ketones (excluding diaryl/α,β-unsaturated/α-hetero) is 1. The number of esters is 3. The van der Waals surface area contributed by atoms with E-state index < -0.39 is 12.3 Å². The van der Waals surface area contributed by atoms with Crippen LogP contribution in [0.4, 0.5) is 0 Å².